The third-order valence-electron chi connectivity index (χ3n) is 2.44. The number of benzene rings is 1. The molecule has 1 atom stereocenters. The number of halogens is 2. The molecular formula is C11H12F2N4O. The Morgan fingerprint density at radius 2 is 2.06 bits per heavy atom. The molecule has 1 aromatic carbocycles. The summed E-state index contributed by atoms with van der Waals surface area (Å²) in [6.45, 7) is 1.83. The molecule has 0 aliphatic carbocycles. The Balaban J connectivity index is 2.19. The minimum atomic E-state index is -0.987. The van der Waals surface area contributed by atoms with Gasteiger partial charge in [0.2, 0.25) is 5.89 Å². The smallest absolute Gasteiger partial charge is 0.320 e. The summed E-state index contributed by atoms with van der Waals surface area (Å²) in [6, 6.07) is 3.68. The highest BCUT2D eigenvalue weighted by Gasteiger charge is 2.14. The summed E-state index contributed by atoms with van der Waals surface area (Å²) in [5, 5.41) is 12.9. The van der Waals surface area contributed by atoms with Crippen molar-refractivity contribution in [2.45, 2.75) is 13.0 Å². The Bertz CT molecular complexity index is 544. The van der Waals surface area contributed by atoms with E-state index in [9.17, 15) is 8.78 Å². The maximum Gasteiger partial charge on any atom is 0.320 e. The van der Waals surface area contributed by atoms with Crippen molar-refractivity contribution >= 4 is 11.7 Å². The number of anilines is 2. The van der Waals surface area contributed by atoms with Gasteiger partial charge in [-0.3, -0.25) is 0 Å². The van der Waals surface area contributed by atoms with E-state index in [1.54, 1.807) is 7.05 Å². The molecule has 2 rings (SSSR count). The van der Waals surface area contributed by atoms with E-state index >= 15 is 0 Å². The summed E-state index contributed by atoms with van der Waals surface area (Å²) in [5.74, 6) is -1.57. The number of hydrogen-bond acceptors (Lipinski definition) is 5. The zero-order valence-corrected chi connectivity index (χ0v) is 9.87. The van der Waals surface area contributed by atoms with E-state index in [1.165, 1.54) is 12.1 Å². The molecule has 0 saturated heterocycles. The Hall–Kier alpha value is -2.02. The molecular weight excluding hydrogens is 242 g/mol. The van der Waals surface area contributed by atoms with E-state index in [1.807, 2.05) is 6.92 Å². The van der Waals surface area contributed by atoms with Crippen molar-refractivity contribution in [3.63, 3.8) is 0 Å². The molecule has 5 nitrogen and oxygen atoms in total. The van der Waals surface area contributed by atoms with Gasteiger partial charge in [0.25, 0.3) is 0 Å². The van der Waals surface area contributed by atoms with Gasteiger partial charge in [-0.1, -0.05) is 11.2 Å². The Morgan fingerprint density at radius 3 is 2.78 bits per heavy atom. The van der Waals surface area contributed by atoms with E-state index in [0.29, 0.717) is 5.89 Å². The van der Waals surface area contributed by atoms with Crippen LogP contribution in [0, 0.1) is 11.6 Å². The Kier molecular flexibility index (Phi) is 3.52. The van der Waals surface area contributed by atoms with Gasteiger partial charge in [0.15, 0.2) is 11.6 Å². The van der Waals surface area contributed by atoms with Crippen molar-refractivity contribution in [2.24, 2.45) is 0 Å². The fraction of sp³-hybridized carbons (Fsp3) is 0.273. The fourth-order valence-electron chi connectivity index (χ4n) is 1.30. The first-order valence-electron chi connectivity index (χ1n) is 5.33. The maximum absolute atomic E-state index is 13.4. The summed E-state index contributed by atoms with van der Waals surface area (Å²) in [7, 11) is 1.74. The number of hydrogen-bond donors (Lipinski definition) is 2. The van der Waals surface area contributed by atoms with Gasteiger partial charge in [-0.15, -0.1) is 5.10 Å². The van der Waals surface area contributed by atoms with Crippen molar-refractivity contribution in [3.8, 4) is 0 Å². The monoisotopic (exact) mass is 254 g/mol. The highest BCUT2D eigenvalue weighted by Crippen LogP contribution is 2.22. The molecule has 1 unspecified atom stereocenters. The minimum absolute atomic E-state index is 0.0107. The molecule has 0 bridgehead atoms. The van der Waals surface area contributed by atoms with Crippen LogP contribution in [0.3, 0.4) is 0 Å². The van der Waals surface area contributed by atoms with Gasteiger partial charge in [-0.2, -0.15) is 0 Å². The second-order valence-corrected chi connectivity index (χ2v) is 3.68. The predicted molar refractivity (Wildman–Crippen MR) is 61.4 cm³/mol. The molecule has 0 spiro atoms. The van der Waals surface area contributed by atoms with Crippen LogP contribution in [0.5, 0.6) is 0 Å². The van der Waals surface area contributed by atoms with Crippen LogP contribution in [-0.4, -0.2) is 17.2 Å². The second-order valence-electron chi connectivity index (χ2n) is 3.68. The highest BCUT2D eigenvalue weighted by molar-refractivity contribution is 5.52. The second kappa shape index (κ2) is 5.09. The summed E-state index contributed by atoms with van der Waals surface area (Å²) in [4.78, 5) is 0. The van der Waals surface area contributed by atoms with Crippen molar-refractivity contribution < 1.29 is 13.2 Å². The van der Waals surface area contributed by atoms with Crippen LogP contribution in [0.25, 0.3) is 0 Å². The summed E-state index contributed by atoms with van der Waals surface area (Å²) in [5.41, 5.74) is -0.0534. The molecule has 0 radical (unpaired) electrons. The van der Waals surface area contributed by atoms with Crippen LogP contribution in [0.4, 0.5) is 20.5 Å². The van der Waals surface area contributed by atoms with Crippen LogP contribution >= 0.6 is 0 Å². The lowest BCUT2D eigenvalue weighted by Gasteiger charge is -2.04. The minimum Gasteiger partial charge on any atom is -0.406 e. The van der Waals surface area contributed by atoms with E-state index in [4.69, 9.17) is 4.42 Å². The van der Waals surface area contributed by atoms with Gasteiger partial charge >= 0.3 is 6.01 Å². The standard InChI is InChI=1S/C11H12F2N4O/c1-6(14-2)10-16-17-11(18-10)15-8-5-3-4-7(12)9(8)13/h3-6,14H,1-2H3,(H,15,17). The Morgan fingerprint density at radius 1 is 1.28 bits per heavy atom. The molecule has 18 heavy (non-hydrogen) atoms. The zero-order chi connectivity index (χ0) is 13.1. The van der Waals surface area contributed by atoms with Crippen LogP contribution < -0.4 is 10.6 Å². The first-order chi connectivity index (χ1) is 8.61. The quantitative estimate of drug-likeness (QED) is 0.877. The summed E-state index contributed by atoms with van der Waals surface area (Å²) < 4.78 is 31.6. The van der Waals surface area contributed by atoms with Crippen LogP contribution in [0.1, 0.15) is 18.9 Å². The molecule has 2 aromatic rings. The van der Waals surface area contributed by atoms with Gasteiger partial charge in [0.1, 0.15) is 0 Å². The van der Waals surface area contributed by atoms with Gasteiger partial charge in [-0.25, -0.2) is 8.78 Å². The fourth-order valence-corrected chi connectivity index (χ4v) is 1.30. The largest absolute Gasteiger partial charge is 0.406 e. The maximum atomic E-state index is 13.4. The molecule has 0 aliphatic rings. The van der Waals surface area contributed by atoms with Crippen LogP contribution in [0.2, 0.25) is 0 Å². The van der Waals surface area contributed by atoms with Crippen molar-refractivity contribution in [2.75, 3.05) is 12.4 Å². The van der Waals surface area contributed by atoms with E-state index in [-0.39, 0.29) is 17.7 Å². The van der Waals surface area contributed by atoms with Crippen LogP contribution in [0.15, 0.2) is 22.6 Å². The van der Waals surface area contributed by atoms with E-state index < -0.39 is 11.6 Å². The molecule has 7 heteroatoms. The van der Waals surface area contributed by atoms with Crippen molar-refractivity contribution in [1.29, 1.82) is 0 Å². The molecule has 1 aromatic heterocycles. The lowest BCUT2D eigenvalue weighted by molar-refractivity contribution is 0.442. The Labute approximate surface area is 102 Å². The van der Waals surface area contributed by atoms with Gasteiger partial charge in [0.05, 0.1) is 11.7 Å². The average Bonchev–Trinajstić information content (AvgIpc) is 2.82. The van der Waals surface area contributed by atoms with Crippen LogP contribution in [-0.2, 0) is 0 Å². The molecule has 0 amide bonds. The lowest BCUT2D eigenvalue weighted by Crippen LogP contribution is -2.12. The van der Waals surface area contributed by atoms with Gasteiger partial charge in [0, 0.05) is 0 Å². The third kappa shape index (κ3) is 2.45. The van der Waals surface area contributed by atoms with Crippen molar-refractivity contribution in [1.82, 2.24) is 15.5 Å². The van der Waals surface area contributed by atoms with E-state index in [0.717, 1.165) is 6.07 Å². The number of nitrogens with zero attached hydrogens (tertiary/aromatic N) is 2. The van der Waals surface area contributed by atoms with E-state index in [2.05, 4.69) is 20.8 Å². The topological polar surface area (TPSA) is 63.0 Å². The SMILES string of the molecule is CNC(C)c1nnc(Nc2cccc(F)c2F)o1. The molecule has 2 N–H and O–H groups in total. The molecule has 96 valence electrons. The molecule has 0 saturated carbocycles. The molecule has 1 heterocycles. The number of rotatable bonds is 4. The number of aromatic nitrogens is 2. The molecule has 0 fully saturated rings. The first kappa shape index (κ1) is 12.4. The normalized spacial score (nSPS) is 12.4. The molecule has 0 aliphatic heterocycles. The van der Waals surface area contributed by atoms with Crippen molar-refractivity contribution in [3.05, 3.63) is 35.7 Å². The predicted octanol–water partition coefficient (Wildman–Crippen LogP) is 2.37. The lowest BCUT2D eigenvalue weighted by atomic mass is 10.3. The van der Waals surface area contributed by atoms with Gasteiger partial charge < -0.3 is 15.1 Å². The first-order valence-corrected chi connectivity index (χ1v) is 5.33. The summed E-state index contributed by atoms with van der Waals surface area (Å²) >= 11 is 0. The van der Waals surface area contributed by atoms with Gasteiger partial charge in [-0.05, 0) is 26.1 Å². The zero-order valence-electron chi connectivity index (χ0n) is 9.87. The third-order valence-corrected chi connectivity index (χ3v) is 2.44. The highest BCUT2D eigenvalue weighted by atomic mass is 19.2. The summed E-state index contributed by atoms with van der Waals surface area (Å²) in [6.07, 6.45) is 0. The average molecular weight is 254 g/mol. The number of nitrogens with one attached hydrogen (secondary N) is 2.